The molecule has 2 saturated carbocycles. The minimum absolute atomic E-state index is 0.0293. The van der Waals surface area contributed by atoms with E-state index in [4.69, 9.17) is 0 Å². The average Bonchev–Trinajstić information content (AvgIpc) is 2.68. The van der Waals surface area contributed by atoms with E-state index in [9.17, 15) is 22.4 Å². The molecule has 4 rings (SSSR count). The molecule has 1 aromatic carbocycles. The zero-order chi connectivity index (χ0) is 19.9. The smallest absolute Gasteiger partial charge is 0.243 e. The van der Waals surface area contributed by atoms with Crippen LogP contribution >= 0.6 is 0 Å². The van der Waals surface area contributed by atoms with E-state index in [-0.39, 0.29) is 41.6 Å². The SMILES string of the molecule is O=C1[C@H]2CCC[C@H]1CC(C(=O)N1CCN(S(=O)(=O)c3ccc(F)cc3)CC1)C2. The van der Waals surface area contributed by atoms with Crippen molar-refractivity contribution in [2.24, 2.45) is 17.8 Å². The standard InChI is InChI=1S/C20H25FN2O4S/c21-17-4-6-18(7-5-17)28(26,27)23-10-8-22(9-11-23)20(25)16-12-14-2-1-3-15(13-16)19(14)24/h4-7,14-16H,1-3,8-13H2/t14-,15-/m0/s1. The molecule has 0 N–H and O–H groups in total. The predicted octanol–water partition coefficient (Wildman–Crippen LogP) is 2.05. The van der Waals surface area contributed by atoms with E-state index in [1.54, 1.807) is 4.90 Å². The summed E-state index contributed by atoms with van der Waals surface area (Å²) in [5.41, 5.74) is 0. The quantitative estimate of drug-likeness (QED) is 0.767. The number of ketones is 1. The number of halogens is 1. The third-order valence-corrected chi connectivity index (χ3v) is 8.31. The Morgan fingerprint density at radius 1 is 0.964 bits per heavy atom. The number of amides is 1. The molecule has 0 aromatic heterocycles. The van der Waals surface area contributed by atoms with Crippen molar-refractivity contribution in [3.05, 3.63) is 30.1 Å². The lowest BCUT2D eigenvalue weighted by Gasteiger charge is -2.40. The van der Waals surface area contributed by atoms with Crippen LogP contribution in [0.1, 0.15) is 32.1 Å². The third kappa shape index (κ3) is 3.59. The fourth-order valence-electron chi connectivity index (χ4n) is 4.84. The number of hydrogen-bond donors (Lipinski definition) is 0. The van der Waals surface area contributed by atoms with Crippen LogP contribution in [0.5, 0.6) is 0 Å². The van der Waals surface area contributed by atoms with Gasteiger partial charge >= 0.3 is 0 Å². The Labute approximate surface area is 164 Å². The number of piperazine rings is 1. The van der Waals surface area contributed by atoms with E-state index in [1.165, 1.54) is 16.4 Å². The van der Waals surface area contributed by atoms with E-state index < -0.39 is 15.8 Å². The monoisotopic (exact) mass is 408 g/mol. The van der Waals surface area contributed by atoms with Crippen molar-refractivity contribution in [1.29, 1.82) is 0 Å². The molecule has 2 bridgehead atoms. The summed E-state index contributed by atoms with van der Waals surface area (Å²) in [4.78, 5) is 27.0. The van der Waals surface area contributed by atoms with Gasteiger partial charge < -0.3 is 4.90 Å². The van der Waals surface area contributed by atoms with Crippen molar-refractivity contribution in [3.8, 4) is 0 Å². The van der Waals surface area contributed by atoms with Crippen LogP contribution in [-0.4, -0.2) is 55.5 Å². The van der Waals surface area contributed by atoms with E-state index in [2.05, 4.69) is 0 Å². The molecule has 1 aromatic rings. The minimum Gasteiger partial charge on any atom is -0.340 e. The second kappa shape index (κ2) is 7.55. The summed E-state index contributed by atoms with van der Waals surface area (Å²) in [6, 6.07) is 4.79. The molecule has 0 unspecified atom stereocenters. The van der Waals surface area contributed by atoms with Crippen LogP contribution in [0.15, 0.2) is 29.2 Å². The van der Waals surface area contributed by atoms with Gasteiger partial charge in [0.1, 0.15) is 11.6 Å². The number of rotatable bonds is 3. The first kappa shape index (κ1) is 19.5. The highest BCUT2D eigenvalue weighted by molar-refractivity contribution is 7.89. The molecule has 3 aliphatic rings. The molecule has 1 aliphatic heterocycles. The lowest BCUT2D eigenvalue weighted by molar-refractivity contribution is -0.144. The van der Waals surface area contributed by atoms with Gasteiger partial charge in [0, 0.05) is 43.9 Å². The Morgan fingerprint density at radius 2 is 1.54 bits per heavy atom. The van der Waals surface area contributed by atoms with Crippen molar-refractivity contribution < 1.29 is 22.4 Å². The van der Waals surface area contributed by atoms with Crippen LogP contribution in [0.2, 0.25) is 0 Å². The van der Waals surface area contributed by atoms with Crippen LogP contribution in [0, 0.1) is 23.6 Å². The van der Waals surface area contributed by atoms with Crippen molar-refractivity contribution in [2.75, 3.05) is 26.2 Å². The number of hydrogen-bond acceptors (Lipinski definition) is 4. The Kier molecular flexibility index (Phi) is 5.26. The first-order valence-corrected chi connectivity index (χ1v) is 11.4. The van der Waals surface area contributed by atoms with Crippen molar-refractivity contribution in [1.82, 2.24) is 9.21 Å². The minimum atomic E-state index is -3.69. The van der Waals surface area contributed by atoms with Gasteiger partial charge in [-0.15, -0.1) is 0 Å². The molecule has 152 valence electrons. The lowest BCUT2D eigenvalue weighted by Crippen LogP contribution is -2.53. The molecule has 0 spiro atoms. The predicted molar refractivity (Wildman–Crippen MR) is 100 cm³/mol. The molecule has 8 heteroatoms. The van der Waals surface area contributed by atoms with Crippen LogP contribution in [0.3, 0.4) is 0 Å². The normalized spacial score (nSPS) is 29.0. The summed E-state index contributed by atoms with van der Waals surface area (Å²) in [6.07, 6.45) is 4.14. The number of nitrogens with zero attached hydrogens (tertiary/aromatic N) is 2. The van der Waals surface area contributed by atoms with E-state index >= 15 is 0 Å². The molecule has 1 amide bonds. The Balaban J connectivity index is 1.38. The molecular weight excluding hydrogens is 383 g/mol. The number of fused-ring (bicyclic) bond motifs is 2. The zero-order valence-electron chi connectivity index (χ0n) is 15.7. The molecule has 6 nitrogen and oxygen atoms in total. The molecule has 1 heterocycles. The molecule has 28 heavy (non-hydrogen) atoms. The number of carbonyl (C=O) groups is 2. The summed E-state index contributed by atoms with van der Waals surface area (Å²) < 4.78 is 39.8. The fourth-order valence-corrected chi connectivity index (χ4v) is 6.27. The fraction of sp³-hybridized carbons (Fsp3) is 0.600. The van der Waals surface area contributed by atoms with Gasteiger partial charge in [-0.05, 0) is 49.9 Å². The second-order valence-corrected chi connectivity index (χ2v) is 10.0. The van der Waals surface area contributed by atoms with Crippen molar-refractivity contribution in [3.63, 3.8) is 0 Å². The molecule has 0 radical (unpaired) electrons. The molecular formula is C20H25FN2O4S. The Morgan fingerprint density at radius 3 is 2.11 bits per heavy atom. The summed E-state index contributed by atoms with van der Waals surface area (Å²) in [7, 11) is -3.69. The average molecular weight is 408 g/mol. The molecule has 2 aliphatic carbocycles. The topological polar surface area (TPSA) is 74.8 Å². The van der Waals surface area contributed by atoms with Gasteiger partial charge in [0.15, 0.2) is 0 Å². The second-order valence-electron chi connectivity index (χ2n) is 8.08. The number of benzene rings is 1. The van der Waals surface area contributed by atoms with Crippen LogP contribution in [0.4, 0.5) is 4.39 Å². The zero-order valence-corrected chi connectivity index (χ0v) is 16.5. The van der Waals surface area contributed by atoms with Crippen LogP contribution in [0.25, 0.3) is 0 Å². The third-order valence-electron chi connectivity index (χ3n) is 6.40. The van der Waals surface area contributed by atoms with Gasteiger partial charge in [0.05, 0.1) is 4.90 Å². The Hall–Kier alpha value is -1.80. The summed E-state index contributed by atoms with van der Waals surface area (Å²) in [5, 5.41) is 0. The maximum atomic E-state index is 13.1. The van der Waals surface area contributed by atoms with Gasteiger partial charge in [-0.1, -0.05) is 6.42 Å². The van der Waals surface area contributed by atoms with Crippen LogP contribution < -0.4 is 0 Å². The number of sulfonamides is 1. The highest BCUT2D eigenvalue weighted by atomic mass is 32.2. The summed E-state index contributed by atoms with van der Waals surface area (Å²) >= 11 is 0. The van der Waals surface area contributed by atoms with Gasteiger partial charge in [-0.2, -0.15) is 4.31 Å². The first-order valence-electron chi connectivity index (χ1n) is 9.94. The van der Waals surface area contributed by atoms with Gasteiger partial charge in [-0.25, -0.2) is 12.8 Å². The maximum Gasteiger partial charge on any atom is 0.243 e. The van der Waals surface area contributed by atoms with Gasteiger partial charge in [-0.3, -0.25) is 9.59 Å². The van der Waals surface area contributed by atoms with Crippen molar-refractivity contribution in [2.45, 2.75) is 37.0 Å². The highest BCUT2D eigenvalue weighted by Gasteiger charge is 2.43. The first-order chi connectivity index (χ1) is 13.4. The number of carbonyl (C=O) groups excluding carboxylic acids is 2. The maximum absolute atomic E-state index is 13.1. The van der Waals surface area contributed by atoms with Crippen LogP contribution in [-0.2, 0) is 19.6 Å². The van der Waals surface area contributed by atoms with E-state index in [1.807, 2.05) is 0 Å². The van der Waals surface area contributed by atoms with Crippen molar-refractivity contribution >= 4 is 21.7 Å². The summed E-state index contributed by atoms with van der Waals surface area (Å²) in [6.45, 7) is 1.14. The molecule has 1 saturated heterocycles. The lowest BCUT2D eigenvalue weighted by atomic mass is 9.67. The van der Waals surface area contributed by atoms with Gasteiger partial charge in [0.25, 0.3) is 0 Å². The van der Waals surface area contributed by atoms with E-state index in [0.717, 1.165) is 31.4 Å². The Bertz CT molecular complexity index is 847. The molecule has 3 fully saturated rings. The largest absolute Gasteiger partial charge is 0.340 e. The van der Waals surface area contributed by atoms with E-state index in [0.29, 0.717) is 31.7 Å². The molecule has 2 atom stereocenters. The highest BCUT2D eigenvalue weighted by Crippen LogP contribution is 2.40. The number of Topliss-reactive ketones (excluding diaryl/α,β-unsaturated/α-hetero) is 1. The van der Waals surface area contributed by atoms with Gasteiger partial charge in [0.2, 0.25) is 15.9 Å². The summed E-state index contributed by atoms with van der Waals surface area (Å²) in [5.74, 6) is -0.143.